The highest BCUT2D eigenvalue weighted by Gasteiger charge is 2.56. The molecule has 0 spiro atoms. The number of piperidine rings is 1. The Kier molecular flexibility index (Phi) is 22.5. The van der Waals surface area contributed by atoms with E-state index in [9.17, 15) is 33.5 Å². The molecule has 22 heteroatoms. The van der Waals surface area contributed by atoms with Crippen LogP contribution < -0.4 is 35.6 Å². The standard InChI is InChI=1S/C66H81FN8O12S/c1-43-59(88-42-70-43)46-10-8-45(9-11-46)40-69-61(78)55-37-50(76)41-75(55)62(79)60(65(2,3)4)73-58(77)23-30-84-32-34-86-36-35-85-33-31-83-29-6-7-44-21-27-74(28-22-44)54-39-53-52(38-57(54)82-5)56(20-26-68-53)87-51-18-16-49(17-19-51)72-64(81)66(24-25-66)63(80)71-48-14-12-47(67)13-15-48/h8-20,26,38-39,42,44,50,55,60,76H,6-7,21-25,27-37,40-41H2,1-5H3,(H,69,78)(H,71,80)(H,72,81)(H,73,77)/t50-,55+,60-/m1/s1. The van der Waals surface area contributed by atoms with Crippen LogP contribution in [0.4, 0.5) is 21.5 Å². The third kappa shape index (κ3) is 17.4. The van der Waals surface area contributed by atoms with Gasteiger partial charge in [0.25, 0.3) is 0 Å². The average Bonchev–Trinajstić information content (AvgIpc) is 1.71. The predicted molar refractivity (Wildman–Crippen MR) is 334 cm³/mol. The second-order valence-electron chi connectivity index (χ2n) is 23.7. The van der Waals surface area contributed by atoms with Gasteiger partial charge in [-0.3, -0.25) is 29.0 Å². The van der Waals surface area contributed by atoms with Gasteiger partial charge in [-0.05, 0) is 135 Å². The summed E-state index contributed by atoms with van der Waals surface area (Å²) in [6.45, 7) is 12.7. The first kappa shape index (κ1) is 64.9. The number of ether oxygens (including phenoxy) is 6. The van der Waals surface area contributed by atoms with Gasteiger partial charge in [0, 0.05) is 68.6 Å². The van der Waals surface area contributed by atoms with Crippen LogP contribution in [0.5, 0.6) is 17.2 Å². The minimum absolute atomic E-state index is 0.00817. The van der Waals surface area contributed by atoms with Crippen LogP contribution in [-0.4, -0.2) is 147 Å². The maximum absolute atomic E-state index is 14.0. The summed E-state index contributed by atoms with van der Waals surface area (Å²) in [4.78, 5) is 80.7. The zero-order valence-corrected chi connectivity index (χ0v) is 51.6. The van der Waals surface area contributed by atoms with Gasteiger partial charge < -0.3 is 64.6 Å². The number of aryl methyl sites for hydroxylation is 1. The monoisotopic (exact) mass is 1230 g/mol. The van der Waals surface area contributed by atoms with Gasteiger partial charge in [0.15, 0.2) is 0 Å². The number of anilines is 3. The molecule has 2 saturated heterocycles. The van der Waals surface area contributed by atoms with E-state index in [0.29, 0.717) is 81.3 Å². The van der Waals surface area contributed by atoms with Crippen molar-refractivity contribution >= 4 is 68.8 Å². The molecule has 1 aliphatic carbocycles. The highest BCUT2D eigenvalue weighted by molar-refractivity contribution is 7.13. The highest BCUT2D eigenvalue weighted by Crippen LogP contribution is 2.48. The van der Waals surface area contributed by atoms with Crippen LogP contribution in [0.3, 0.4) is 0 Å². The molecule has 470 valence electrons. The van der Waals surface area contributed by atoms with Crippen molar-refractivity contribution in [1.29, 1.82) is 0 Å². The Morgan fingerprint density at radius 1 is 0.784 bits per heavy atom. The number of fused-ring (bicyclic) bond motifs is 1. The predicted octanol–water partition coefficient (Wildman–Crippen LogP) is 9.23. The maximum Gasteiger partial charge on any atom is 0.246 e. The molecule has 3 aliphatic rings. The summed E-state index contributed by atoms with van der Waals surface area (Å²) in [6, 6.07) is 24.3. The van der Waals surface area contributed by atoms with Crippen molar-refractivity contribution in [2.45, 2.75) is 104 Å². The van der Waals surface area contributed by atoms with Crippen molar-refractivity contribution in [3.8, 4) is 27.7 Å². The molecule has 6 aromatic rings. The van der Waals surface area contributed by atoms with Gasteiger partial charge in [-0.2, -0.15) is 0 Å². The summed E-state index contributed by atoms with van der Waals surface area (Å²) in [7, 11) is 1.67. The van der Waals surface area contributed by atoms with E-state index in [1.807, 2.05) is 63.5 Å². The molecule has 0 unspecified atom stereocenters. The van der Waals surface area contributed by atoms with E-state index in [4.69, 9.17) is 28.4 Å². The molecule has 20 nitrogen and oxygen atoms in total. The SMILES string of the molecule is COc1cc2c(Oc3ccc(NC(=O)C4(C(=O)Nc5ccc(F)cc5)CC4)cc3)ccnc2cc1N1CCC(CCCOCCOCCOCCOCCC(=O)N[C@H](C(=O)N2C[C@H](O)C[C@H]2C(=O)NCc2ccc(-c3scnc3C)cc2)C(C)(C)C)CC1. The number of carbonyl (C=O) groups is 5. The largest absolute Gasteiger partial charge is 0.495 e. The number of amides is 5. The molecule has 5 N–H and O–H groups in total. The van der Waals surface area contributed by atoms with E-state index < -0.39 is 52.6 Å². The molecule has 3 atom stereocenters. The van der Waals surface area contributed by atoms with Gasteiger partial charge in [-0.1, -0.05) is 45.0 Å². The van der Waals surface area contributed by atoms with Gasteiger partial charge in [-0.25, -0.2) is 9.37 Å². The van der Waals surface area contributed by atoms with E-state index >= 15 is 0 Å². The minimum Gasteiger partial charge on any atom is -0.495 e. The number of nitrogens with zero attached hydrogens (tertiary/aromatic N) is 4. The zero-order chi connectivity index (χ0) is 62.2. The van der Waals surface area contributed by atoms with Gasteiger partial charge >= 0.3 is 0 Å². The lowest BCUT2D eigenvalue weighted by molar-refractivity contribution is -0.144. The summed E-state index contributed by atoms with van der Waals surface area (Å²) in [5, 5.41) is 22.8. The van der Waals surface area contributed by atoms with Crippen molar-refractivity contribution in [2.75, 3.05) is 95.1 Å². The quantitative estimate of drug-likeness (QED) is 0.0209. The average molecular weight is 1230 g/mol. The molecule has 9 rings (SSSR count). The van der Waals surface area contributed by atoms with Crippen molar-refractivity contribution in [2.24, 2.45) is 16.7 Å². The third-order valence-corrected chi connectivity index (χ3v) is 17.2. The number of likely N-dealkylation sites (tertiary alicyclic amines) is 1. The number of hydrogen-bond donors (Lipinski definition) is 5. The Hall–Kier alpha value is -7.60. The number of aliphatic hydroxyl groups is 1. The molecular formula is C66H81FN8O12S. The Balaban J connectivity index is 0.598. The molecule has 4 aromatic carbocycles. The summed E-state index contributed by atoms with van der Waals surface area (Å²) in [5.41, 5.74) is 5.56. The summed E-state index contributed by atoms with van der Waals surface area (Å²) >= 11 is 1.57. The zero-order valence-electron chi connectivity index (χ0n) is 50.8. The number of halogens is 1. The smallest absolute Gasteiger partial charge is 0.246 e. The van der Waals surface area contributed by atoms with Crippen LogP contribution in [0, 0.1) is 29.5 Å². The van der Waals surface area contributed by atoms with Crippen LogP contribution in [0.15, 0.2) is 103 Å². The fourth-order valence-electron chi connectivity index (χ4n) is 11.0. The van der Waals surface area contributed by atoms with Crippen LogP contribution in [-0.2, 0) is 49.5 Å². The molecule has 0 bridgehead atoms. The van der Waals surface area contributed by atoms with Crippen molar-refractivity contribution in [3.05, 3.63) is 120 Å². The molecule has 3 fully saturated rings. The van der Waals surface area contributed by atoms with Crippen molar-refractivity contribution < 1.29 is 61.9 Å². The Morgan fingerprint density at radius 2 is 1.41 bits per heavy atom. The second-order valence-corrected chi connectivity index (χ2v) is 24.5. The molecule has 0 radical (unpaired) electrons. The van der Waals surface area contributed by atoms with Gasteiger partial charge in [0.05, 0.1) is 86.7 Å². The molecule has 1 saturated carbocycles. The van der Waals surface area contributed by atoms with E-state index in [0.717, 1.165) is 82.8 Å². The van der Waals surface area contributed by atoms with Crippen LogP contribution >= 0.6 is 11.3 Å². The number of pyridine rings is 1. The molecular weight excluding hydrogens is 1150 g/mol. The number of carbonyl (C=O) groups excluding carboxylic acids is 5. The van der Waals surface area contributed by atoms with Crippen LogP contribution in [0.1, 0.15) is 83.4 Å². The molecule has 88 heavy (non-hydrogen) atoms. The topological polar surface area (TPSA) is 241 Å². The number of aromatic nitrogens is 2. The number of rotatable bonds is 30. The van der Waals surface area contributed by atoms with E-state index in [1.165, 1.54) is 29.2 Å². The molecule has 2 aliphatic heterocycles. The molecule has 4 heterocycles. The molecule has 2 aromatic heterocycles. The number of hydrogen-bond acceptors (Lipinski definition) is 16. The van der Waals surface area contributed by atoms with Gasteiger partial charge in [0.1, 0.15) is 40.6 Å². The molecule has 5 amide bonds. The van der Waals surface area contributed by atoms with Crippen molar-refractivity contribution in [3.63, 3.8) is 0 Å². The Bertz CT molecular complexity index is 3310. The number of aliphatic hydroxyl groups excluding tert-OH is 1. The lowest BCUT2D eigenvalue weighted by Gasteiger charge is -2.35. The van der Waals surface area contributed by atoms with E-state index in [-0.39, 0.29) is 51.0 Å². The minimum atomic E-state index is -1.18. The summed E-state index contributed by atoms with van der Waals surface area (Å²) < 4.78 is 48.5. The Labute approximate surface area is 517 Å². The Morgan fingerprint density at radius 3 is 2.01 bits per heavy atom. The summed E-state index contributed by atoms with van der Waals surface area (Å²) in [5.74, 6) is 0.0832. The van der Waals surface area contributed by atoms with Crippen molar-refractivity contribution in [1.82, 2.24) is 25.5 Å². The number of β-amino-alcohol motifs (C(OH)–C–C–N with tert-alkyl or cyclic N) is 1. The second kappa shape index (κ2) is 30.5. The number of methoxy groups -OCH3 is 1. The van der Waals surface area contributed by atoms with Crippen LogP contribution in [0.2, 0.25) is 0 Å². The fourth-order valence-corrected chi connectivity index (χ4v) is 11.8. The van der Waals surface area contributed by atoms with Gasteiger partial charge in [0.2, 0.25) is 29.5 Å². The van der Waals surface area contributed by atoms with Crippen LogP contribution in [0.25, 0.3) is 21.3 Å². The first-order valence-electron chi connectivity index (χ1n) is 30.2. The van der Waals surface area contributed by atoms with E-state index in [1.54, 1.807) is 55.0 Å². The highest BCUT2D eigenvalue weighted by atomic mass is 32.1. The van der Waals surface area contributed by atoms with Gasteiger partial charge in [-0.15, -0.1) is 11.3 Å². The maximum atomic E-state index is 14.0. The number of thiazole rings is 1. The summed E-state index contributed by atoms with van der Waals surface area (Å²) in [6.07, 6.45) is 5.95. The normalized spacial score (nSPS) is 16.9. The fraction of sp³-hybridized carbons (Fsp3) is 0.470. The first-order valence-corrected chi connectivity index (χ1v) is 31.1. The number of nitrogens with one attached hydrogen (secondary N) is 4. The lowest BCUT2D eigenvalue weighted by atomic mass is 9.85. The lowest BCUT2D eigenvalue weighted by Crippen LogP contribution is -2.57. The first-order chi connectivity index (χ1) is 42.5. The van der Waals surface area contributed by atoms with E-state index in [2.05, 4.69) is 42.2 Å². The third-order valence-electron chi connectivity index (χ3n) is 16.2. The number of benzene rings is 4.